The number of hydrogen-bond acceptors (Lipinski definition) is 4. The van der Waals surface area contributed by atoms with Crippen LogP contribution in [0.4, 0.5) is 0 Å². The van der Waals surface area contributed by atoms with Crippen LogP contribution in [0.5, 0.6) is 0 Å². The van der Waals surface area contributed by atoms with Crippen LogP contribution < -0.4 is 9.44 Å². The van der Waals surface area contributed by atoms with Crippen molar-refractivity contribution < 1.29 is 16.8 Å². The van der Waals surface area contributed by atoms with Crippen molar-refractivity contribution in [2.45, 2.75) is 49.5 Å². The topological polar surface area (TPSA) is 92.3 Å². The maximum Gasteiger partial charge on any atom is 0.240 e. The first kappa shape index (κ1) is 18.4. The first-order chi connectivity index (χ1) is 10.8. The van der Waals surface area contributed by atoms with E-state index in [1.54, 1.807) is 24.3 Å². The van der Waals surface area contributed by atoms with Crippen LogP contribution in [0.25, 0.3) is 0 Å². The highest BCUT2D eigenvalue weighted by atomic mass is 32.2. The van der Waals surface area contributed by atoms with Crippen LogP contribution in [0.15, 0.2) is 29.2 Å². The zero-order valence-electron chi connectivity index (χ0n) is 13.3. The van der Waals surface area contributed by atoms with Crippen LogP contribution in [-0.4, -0.2) is 35.7 Å². The van der Waals surface area contributed by atoms with Gasteiger partial charge in [-0.05, 0) is 37.0 Å². The molecule has 2 N–H and O–H groups in total. The number of sulfonamides is 2. The second-order valence-electron chi connectivity index (χ2n) is 6.02. The quantitative estimate of drug-likeness (QED) is 0.768. The Kier molecular flexibility index (Phi) is 6.19. The van der Waals surface area contributed by atoms with E-state index < -0.39 is 20.0 Å². The molecule has 2 rings (SSSR count). The standard InChI is InChI=1S/C15H24N2O4S2/c1-22(18,19)16-12-11-13-7-9-15(10-8-13)23(20,21)17-14-5-3-2-4-6-14/h7-10,14,16-17H,2-6,11-12H2,1H3. The fourth-order valence-electron chi connectivity index (χ4n) is 2.72. The highest BCUT2D eigenvalue weighted by molar-refractivity contribution is 7.89. The highest BCUT2D eigenvalue weighted by Gasteiger charge is 2.21. The molecule has 1 aliphatic carbocycles. The molecule has 0 atom stereocenters. The van der Waals surface area contributed by atoms with Gasteiger partial charge in [0.15, 0.2) is 0 Å². The summed E-state index contributed by atoms with van der Waals surface area (Å²) in [5.41, 5.74) is 0.887. The SMILES string of the molecule is CS(=O)(=O)NCCc1ccc(S(=O)(=O)NC2CCCCC2)cc1. The van der Waals surface area contributed by atoms with Crippen LogP contribution in [0.2, 0.25) is 0 Å². The molecule has 23 heavy (non-hydrogen) atoms. The van der Waals surface area contributed by atoms with E-state index in [4.69, 9.17) is 0 Å². The lowest BCUT2D eigenvalue weighted by Crippen LogP contribution is -2.36. The molecule has 130 valence electrons. The molecule has 0 unspecified atom stereocenters. The summed E-state index contributed by atoms with van der Waals surface area (Å²) in [6.45, 7) is 0.297. The van der Waals surface area contributed by atoms with Crippen LogP contribution in [0.3, 0.4) is 0 Å². The summed E-state index contributed by atoms with van der Waals surface area (Å²) < 4.78 is 51.9. The molecule has 1 aromatic rings. The van der Waals surface area contributed by atoms with Gasteiger partial charge in [-0.3, -0.25) is 0 Å². The highest BCUT2D eigenvalue weighted by Crippen LogP contribution is 2.20. The molecule has 8 heteroatoms. The summed E-state index contributed by atoms with van der Waals surface area (Å²) in [6.07, 6.45) is 6.74. The zero-order chi connectivity index (χ0) is 16.9. The Morgan fingerprint density at radius 3 is 2.17 bits per heavy atom. The molecule has 0 heterocycles. The number of benzene rings is 1. The fourth-order valence-corrected chi connectivity index (χ4v) is 4.50. The van der Waals surface area contributed by atoms with Gasteiger partial charge in [0.2, 0.25) is 20.0 Å². The van der Waals surface area contributed by atoms with E-state index in [2.05, 4.69) is 9.44 Å². The van der Waals surface area contributed by atoms with Gasteiger partial charge in [-0.1, -0.05) is 31.4 Å². The molecule has 0 amide bonds. The van der Waals surface area contributed by atoms with Gasteiger partial charge in [-0.25, -0.2) is 26.3 Å². The zero-order valence-corrected chi connectivity index (χ0v) is 14.9. The average Bonchev–Trinajstić information content (AvgIpc) is 2.47. The predicted molar refractivity (Wildman–Crippen MR) is 90.2 cm³/mol. The first-order valence-corrected chi connectivity index (χ1v) is 11.2. The van der Waals surface area contributed by atoms with Crippen LogP contribution in [0, 0.1) is 0 Å². The largest absolute Gasteiger partial charge is 0.240 e. The van der Waals surface area contributed by atoms with Crippen molar-refractivity contribution in [3.8, 4) is 0 Å². The van der Waals surface area contributed by atoms with Gasteiger partial charge in [0.25, 0.3) is 0 Å². The molecular formula is C15H24N2O4S2. The lowest BCUT2D eigenvalue weighted by molar-refractivity contribution is 0.412. The molecular weight excluding hydrogens is 336 g/mol. The van der Waals surface area contributed by atoms with E-state index in [-0.39, 0.29) is 10.9 Å². The Hall–Kier alpha value is -0.960. The van der Waals surface area contributed by atoms with E-state index >= 15 is 0 Å². The van der Waals surface area contributed by atoms with Crippen molar-refractivity contribution in [1.82, 2.24) is 9.44 Å². The van der Waals surface area contributed by atoms with Crippen molar-refractivity contribution in [3.63, 3.8) is 0 Å². The molecule has 1 saturated carbocycles. The Morgan fingerprint density at radius 2 is 1.61 bits per heavy atom. The number of rotatable bonds is 7. The van der Waals surface area contributed by atoms with Crippen LogP contribution >= 0.6 is 0 Å². The molecule has 0 bridgehead atoms. The van der Waals surface area contributed by atoms with E-state index in [0.29, 0.717) is 13.0 Å². The van der Waals surface area contributed by atoms with Gasteiger partial charge in [0, 0.05) is 12.6 Å². The summed E-state index contributed by atoms with van der Waals surface area (Å²) in [7, 11) is -6.68. The Labute approximate surface area is 138 Å². The third-order valence-corrected chi connectivity index (χ3v) is 6.20. The Bertz CT molecular complexity index is 706. The summed E-state index contributed by atoms with van der Waals surface area (Å²) >= 11 is 0. The maximum absolute atomic E-state index is 12.4. The Morgan fingerprint density at radius 1 is 1.00 bits per heavy atom. The lowest BCUT2D eigenvalue weighted by Gasteiger charge is -2.22. The molecule has 6 nitrogen and oxygen atoms in total. The van der Waals surface area contributed by atoms with Crippen molar-refractivity contribution in [1.29, 1.82) is 0 Å². The van der Waals surface area contributed by atoms with Crippen molar-refractivity contribution >= 4 is 20.0 Å². The minimum absolute atomic E-state index is 0.0346. The molecule has 0 spiro atoms. The summed E-state index contributed by atoms with van der Waals surface area (Å²) in [6, 6.07) is 6.62. The van der Waals surface area contributed by atoms with E-state index in [1.807, 2.05) is 0 Å². The van der Waals surface area contributed by atoms with E-state index in [9.17, 15) is 16.8 Å². The van der Waals surface area contributed by atoms with Gasteiger partial charge in [-0.15, -0.1) is 0 Å². The van der Waals surface area contributed by atoms with Gasteiger partial charge >= 0.3 is 0 Å². The number of nitrogens with one attached hydrogen (secondary N) is 2. The smallest absolute Gasteiger partial charge is 0.215 e. The summed E-state index contributed by atoms with van der Waals surface area (Å²) in [5, 5.41) is 0. The predicted octanol–water partition coefficient (Wildman–Crippen LogP) is 1.39. The minimum Gasteiger partial charge on any atom is -0.215 e. The average molecular weight is 361 g/mol. The molecule has 0 radical (unpaired) electrons. The fraction of sp³-hybridized carbons (Fsp3) is 0.600. The van der Waals surface area contributed by atoms with Gasteiger partial charge in [0.1, 0.15) is 0 Å². The van der Waals surface area contributed by atoms with Gasteiger partial charge < -0.3 is 0 Å². The van der Waals surface area contributed by atoms with Crippen molar-refractivity contribution in [3.05, 3.63) is 29.8 Å². The van der Waals surface area contributed by atoms with Crippen LogP contribution in [-0.2, 0) is 26.5 Å². The van der Waals surface area contributed by atoms with E-state index in [1.165, 1.54) is 6.42 Å². The van der Waals surface area contributed by atoms with Crippen LogP contribution in [0.1, 0.15) is 37.7 Å². The summed E-state index contributed by atoms with van der Waals surface area (Å²) in [5.74, 6) is 0. The monoisotopic (exact) mass is 360 g/mol. The summed E-state index contributed by atoms with van der Waals surface area (Å²) in [4.78, 5) is 0.253. The normalized spacial score (nSPS) is 17.3. The third-order valence-electron chi connectivity index (χ3n) is 3.94. The third kappa shape index (κ3) is 6.21. The van der Waals surface area contributed by atoms with Crippen molar-refractivity contribution in [2.75, 3.05) is 12.8 Å². The molecule has 1 aliphatic rings. The molecule has 0 aliphatic heterocycles. The molecule has 0 aromatic heterocycles. The van der Waals surface area contributed by atoms with E-state index in [0.717, 1.165) is 37.5 Å². The van der Waals surface area contributed by atoms with Gasteiger partial charge in [-0.2, -0.15) is 0 Å². The molecule has 1 fully saturated rings. The first-order valence-electron chi connectivity index (χ1n) is 7.82. The maximum atomic E-state index is 12.4. The molecule has 1 aromatic carbocycles. The second-order valence-corrected chi connectivity index (χ2v) is 9.56. The van der Waals surface area contributed by atoms with Gasteiger partial charge in [0.05, 0.1) is 11.2 Å². The number of hydrogen-bond donors (Lipinski definition) is 2. The minimum atomic E-state index is -3.48. The Balaban J connectivity index is 1.94. The second kappa shape index (κ2) is 7.74. The van der Waals surface area contributed by atoms with Crippen molar-refractivity contribution in [2.24, 2.45) is 0 Å². The molecule has 0 saturated heterocycles. The lowest BCUT2D eigenvalue weighted by atomic mass is 9.96.